The Morgan fingerprint density at radius 1 is 1.31 bits per heavy atom. The second kappa shape index (κ2) is 4.65. The fourth-order valence-electron chi connectivity index (χ4n) is 1.17. The predicted octanol–water partition coefficient (Wildman–Crippen LogP) is 2.02. The third kappa shape index (κ3) is 2.90. The van der Waals surface area contributed by atoms with Crippen molar-refractivity contribution in [3.8, 4) is 0 Å². The van der Waals surface area contributed by atoms with Crippen molar-refractivity contribution in [2.24, 2.45) is 0 Å². The minimum Gasteiger partial charge on any atom is -0.374 e. The van der Waals surface area contributed by atoms with E-state index in [1.807, 2.05) is 7.05 Å². The highest BCUT2D eigenvalue weighted by molar-refractivity contribution is 5.52. The molecular weight excluding hydrogens is 162 g/mol. The summed E-state index contributed by atoms with van der Waals surface area (Å²) < 4.78 is 0. The third-order valence-electron chi connectivity index (χ3n) is 2.06. The number of aldehydes is 1. The van der Waals surface area contributed by atoms with Gasteiger partial charge < -0.3 is 9.69 Å². The highest BCUT2D eigenvalue weighted by Gasteiger charge is 1.98. The number of hydrogen-bond donors (Lipinski definition) is 0. The summed E-state index contributed by atoms with van der Waals surface area (Å²) in [6.07, 6.45) is 1.54. The molecule has 0 aliphatic carbocycles. The van der Waals surface area contributed by atoms with E-state index in [0.29, 0.717) is 6.42 Å². The van der Waals surface area contributed by atoms with Crippen molar-refractivity contribution in [2.45, 2.75) is 13.3 Å². The molecule has 0 bridgehead atoms. The molecule has 13 heavy (non-hydrogen) atoms. The Morgan fingerprint density at radius 3 is 2.46 bits per heavy atom. The Hall–Kier alpha value is -1.31. The van der Waals surface area contributed by atoms with Gasteiger partial charge in [-0.3, -0.25) is 0 Å². The fourth-order valence-corrected chi connectivity index (χ4v) is 1.17. The number of anilines is 1. The minimum atomic E-state index is 0.588. The van der Waals surface area contributed by atoms with E-state index in [1.54, 1.807) is 0 Å². The largest absolute Gasteiger partial charge is 0.374 e. The van der Waals surface area contributed by atoms with Crippen LogP contribution in [-0.4, -0.2) is 19.9 Å². The van der Waals surface area contributed by atoms with E-state index in [0.717, 1.165) is 18.5 Å². The number of nitrogens with zero attached hydrogens (tertiary/aromatic N) is 1. The van der Waals surface area contributed by atoms with Crippen LogP contribution in [0.2, 0.25) is 0 Å². The molecule has 2 heteroatoms. The number of aryl methyl sites for hydroxylation is 1. The molecule has 0 radical (unpaired) electrons. The first-order chi connectivity index (χ1) is 6.24. The summed E-state index contributed by atoms with van der Waals surface area (Å²) in [6, 6.07) is 8.29. The molecule has 0 N–H and O–H groups in total. The monoisotopic (exact) mass is 177 g/mol. The van der Waals surface area contributed by atoms with Crippen LogP contribution in [0.15, 0.2) is 24.3 Å². The summed E-state index contributed by atoms with van der Waals surface area (Å²) in [5.74, 6) is 0. The van der Waals surface area contributed by atoms with Gasteiger partial charge in [-0.15, -0.1) is 0 Å². The summed E-state index contributed by atoms with van der Waals surface area (Å²) in [5, 5.41) is 0. The van der Waals surface area contributed by atoms with E-state index in [-0.39, 0.29) is 0 Å². The van der Waals surface area contributed by atoms with Gasteiger partial charge in [-0.05, 0) is 19.1 Å². The lowest BCUT2D eigenvalue weighted by atomic mass is 10.2. The van der Waals surface area contributed by atoms with Crippen LogP contribution in [0, 0.1) is 6.92 Å². The molecule has 0 saturated carbocycles. The number of rotatable bonds is 4. The second-order valence-corrected chi connectivity index (χ2v) is 3.21. The Balaban J connectivity index is 2.60. The van der Waals surface area contributed by atoms with Crippen molar-refractivity contribution in [3.63, 3.8) is 0 Å². The molecular formula is C11H15NO. The summed E-state index contributed by atoms with van der Waals surface area (Å²) in [5.41, 5.74) is 2.42. The van der Waals surface area contributed by atoms with Crippen molar-refractivity contribution < 1.29 is 4.79 Å². The molecule has 0 aromatic heterocycles. The van der Waals surface area contributed by atoms with Crippen LogP contribution in [0.25, 0.3) is 0 Å². The lowest BCUT2D eigenvalue weighted by Gasteiger charge is -2.17. The molecule has 0 heterocycles. The van der Waals surface area contributed by atoms with Gasteiger partial charge in [0.15, 0.2) is 0 Å². The highest BCUT2D eigenvalue weighted by Crippen LogP contribution is 2.12. The fraction of sp³-hybridized carbons (Fsp3) is 0.364. The summed E-state index contributed by atoms with van der Waals surface area (Å²) >= 11 is 0. The average molecular weight is 177 g/mol. The van der Waals surface area contributed by atoms with Gasteiger partial charge in [0.1, 0.15) is 6.29 Å². The normalized spacial score (nSPS) is 9.69. The number of carbonyl (C=O) groups is 1. The van der Waals surface area contributed by atoms with Gasteiger partial charge in [-0.25, -0.2) is 0 Å². The molecule has 2 nitrogen and oxygen atoms in total. The Labute approximate surface area is 79.2 Å². The molecule has 1 rings (SSSR count). The molecule has 0 atom stereocenters. The van der Waals surface area contributed by atoms with E-state index >= 15 is 0 Å². The molecule has 1 aromatic rings. The molecule has 70 valence electrons. The third-order valence-corrected chi connectivity index (χ3v) is 2.06. The first-order valence-electron chi connectivity index (χ1n) is 4.45. The van der Waals surface area contributed by atoms with Crippen molar-refractivity contribution >= 4 is 12.0 Å². The van der Waals surface area contributed by atoms with E-state index in [1.165, 1.54) is 5.56 Å². The highest BCUT2D eigenvalue weighted by atomic mass is 16.1. The van der Waals surface area contributed by atoms with Gasteiger partial charge in [-0.2, -0.15) is 0 Å². The van der Waals surface area contributed by atoms with Crippen LogP contribution in [0.1, 0.15) is 12.0 Å². The standard InChI is InChI=1S/C11H15NO/c1-10-4-6-11(7-5-10)12(2)8-3-9-13/h4-7,9H,3,8H2,1-2H3. The first-order valence-corrected chi connectivity index (χ1v) is 4.45. The van der Waals surface area contributed by atoms with E-state index < -0.39 is 0 Å². The summed E-state index contributed by atoms with van der Waals surface area (Å²) in [4.78, 5) is 12.2. The van der Waals surface area contributed by atoms with Gasteiger partial charge in [0, 0.05) is 25.7 Å². The maximum absolute atomic E-state index is 10.2. The van der Waals surface area contributed by atoms with E-state index in [4.69, 9.17) is 0 Å². The van der Waals surface area contributed by atoms with Crippen molar-refractivity contribution in [1.29, 1.82) is 0 Å². The molecule has 1 aromatic carbocycles. The van der Waals surface area contributed by atoms with Crippen LogP contribution in [-0.2, 0) is 4.79 Å². The Kier molecular flexibility index (Phi) is 3.50. The summed E-state index contributed by atoms with van der Waals surface area (Å²) in [7, 11) is 1.99. The predicted molar refractivity (Wildman–Crippen MR) is 55.1 cm³/mol. The van der Waals surface area contributed by atoms with Crippen molar-refractivity contribution in [3.05, 3.63) is 29.8 Å². The van der Waals surface area contributed by atoms with Crippen LogP contribution < -0.4 is 4.90 Å². The Morgan fingerprint density at radius 2 is 1.92 bits per heavy atom. The number of carbonyl (C=O) groups excluding carboxylic acids is 1. The van der Waals surface area contributed by atoms with Gasteiger partial charge in [0.25, 0.3) is 0 Å². The van der Waals surface area contributed by atoms with Crippen molar-refractivity contribution in [2.75, 3.05) is 18.5 Å². The number of hydrogen-bond acceptors (Lipinski definition) is 2. The van der Waals surface area contributed by atoms with Crippen molar-refractivity contribution in [1.82, 2.24) is 0 Å². The average Bonchev–Trinajstić information content (AvgIpc) is 2.15. The quantitative estimate of drug-likeness (QED) is 0.656. The van der Waals surface area contributed by atoms with E-state index in [2.05, 4.69) is 36.1 Å². The first kappa shape index (κ1) is 9.78. The zero-order chi connectivity index (χ0) is 9.68. The molecule has 0 fully saturated rings. The maximum atomic E-state index is 10.2. The molecule has 0 aliphatic rings. The lowest BCUT2D eigenvalue weighted by molar-refractivity contribution is -0.107. The molecule has 0 aliphatic heterocycles. The molecule has 0 saturated heterocycles. The SMILES string of the molecule is Cc1ccc(N(C)CCC=O)cc1. The molecule has 0 unspecified atom stereocenters. The van der Waals surface area contributed by atoms with Crippen LogP contribution in [0.3, 0.4) is 0 Å². The van der Waals surface area contributed by atoms with Gasteiger partial charge in [0.2, 0.25) is 0 Å². The lowest BCUT2D eigenvalue weighted by Crippen LogP contribution is -2.18. The molecule has 0 spiro atoms. The smallest absolute Gasteiger partial charge is 0.121 e. The van der Waals surface area contributed by atoms with Gasteiger partial charge in [-0.1, -0.05) is 17.7 Å². The zero-order valence-electron chi connectivity index (χ0n) is 8.16. The van der Waals surface area contributed by atoms with Crippen LogP contribution in [0.4, 0.5) is 5.69 Å². The van der Waals surface area contributed by atoms with Gasteiger partial charge >= 0.3 is 0 Å². The summed E-state index contributed by atoms with van der Waals surface area (Å²) in [6.45, 7) is 2.85. The van der Waals surface area contributed by atoms with Gasteiger partial charge in [0.05, 0.1) is 0 Å². The number of benzene rings is 1. The topological polar surface area (TPSA) is 20.3 Å². The minimum absolute atomic E-state index is 0.588. The molecule has 0 amide bonds. The second-order valence-electron chi connectivity index (χ2n) is 3.21. The van der Waals surface area contributed by atoms with E-state index in [9.17, 15) is 4.79 Å². The van der Waals surface area contributed by atoms with Crippen LogP contribution in [0.5, 0.6) is 0 Å². The maximum Gasteiger partial charge on any atom is 0.121 e. The zero-order valence-corrected chi connectivity index (χ0v) is 8.16. The Bertz CT molecular complexity index is 266. The van der Waals surface area contributed by atoms with Crippen LogP contribution >= 0.6 is 0 Å².